The number of hydrogen-bond donors (Lipinski definition) is 2. The first-order chi connectivity index (χ1) is 12.6. The summed E-state index contributed by atoms with van der Waals surface area (Å²) in [5, 5.41) is 6.66. The van der Waals surface area contributed by atoms with Crippen LogP contribution in [0, 0.1) is 6.92 Å². The van der Waals surface area contributed by atoms with E-state index in [1.54, 1.807) is 6.20 Å². The Balaban J connectivity index is 1.49. The van der Waals surface area contributed by atoms with E-state index in [2.05, 4.69) is 20.6 Å². The molecule has 2 aromatic rings. The smallest absolute Gasteiger partial charge is 0.274 e. The van der Waals surface area contributed by atoms with E-state index in [9.17, 15) is 9.59 Å². The van der Waals surface area contributed by atoms with Crippen molar-refractivity contribution in [2.75, 3.05) is 5.32 Å². The number of hydrogen-bond acceptors (Lipinski definition) is 5. The predicted octanol–water partition coefficient (Wildman–Crippen LogP) is 1.71. The predicted molar refractivity (Wildman–Crippen MR) is 94.6 cm³/mol. The minimum Gasteiger partial charge on any atom is -0.360 e. The molecule has 2 amide bonds. The molecule has 1 aromatic carbocycles. The van der Waals surface area contributed by atoms with Crippen LogP contribution in [-0.2, 0) is 0 Å². The van der Waals surface area contributed by atoms with Crippen molar-refractivity contribution < 1.29 is 9.59 Å². The second-order valence-electron chi connectivity index (χ2n) is 7.30. The first-order valence-corrected chi connectivity index (χ1v) is 8.88. The minimum atomic E-state index is -0.609. The maximum Gasteiger partial charge on any atom is 0.274 e. The monoisotopic (exact) mass is 349 g/mol. The number of benzene rings is 1. The third-order valence-electron chi connectivity index (χ3n) is 5.73. The van der Waals surface area contributed by atoms with Gasteiger partial charge in [0.25, 0.3) is 11.8 Å². The highest BCUT2D eigenvalue weighted by Gasteiger charge is 2.60. The van der Waals surface area contributed by atoms with Crippen LogP contribution in [0.4, 0.5) is 5.69 Å². The lowest BCUT2D eigenvalue weighted by Crippen LogP contribution is -2.64. The number of rotatable bonds is 1. The summed E-state index contributed by atoms with van der Waals surface area (Å²) in [7, 11) is 0. The van der Waals surface area contributed by atoms with Crippen molar-refractivity contribution in [1.82, 2.24) is 20.2 Å². The van der Waals surface area contributed by atoms with Crippen LogP contribution in [-0.4, -0.2) is 44.4 Å². The van der Waals surface area contributed by atoms with Crippen LogP contribution >= 0.6 is 0 Å². The number of carbonyl (C=O) groups is 2. The SMILES string of the molecule is Cc1cnc(C(=O)N2[C@@H]3CC[C@H]2[C@]2(C3)NC(=O)c3ccccc3N2)cn1. The molecule has 132 valence electrons. The van der Waals surface area contributed by atoms with Gasteiger partial charge in [0, 0.05) is 24.3 Å². The minimum absolute atomic E-state index is 0.0885. The first kappa shape index (κ1) is 15.3. The van der Waals surface area contributed by atoms with Gasteiger partial charge in [-0.15, -0.1) is 0 Å². The number of amides is 2. The number of aryl methyl sites for hydroxylation is 1. The van der Waals surface area contributed by atoms with Gasteiger partial charge in [-0.05, 0) is 31.9 Å². The second-order valence-corrected chi connectivity index (χ2v) is 7.30. The van der Waals surface area contributed by atoms with Crippen LogP contribution in [0.3, 0.4) is 0 Å². The van der Waals surface area contributed by atoms with Crippen molar-refractivity contribution in [3.8, 4) is 0 Å². The molecule has 2 bridgehead atoms. The number of aromatic nitrogens is 2. The summed E-state index contributed by atoms with van der Waals surface area (Å²) in [4.78, 5) is 36.0. The summed E-state index contributed by atoms with van der Waals surface area (Å²) in [6, 6.07) is 7.48. The summed E-state index contributed by atoms with van der Waals surface area (Å²) < 4.78 is 0. The Kier molecular flexibility index (Phi) is 3.10. The van der Waals surface area contributed by atoms with E-state index in [1.165, 1.54) is 6.20 Å². The fourth-order valence-electron chi connectivity index (χ4n) is 4.62. The van der Waals surface area contributed by atoms with Crippen molar-refractivity contribution in [3.05, 3.63) is 53.6 Å². The number of para-hydroxylation sites is 1. The van der Waals surface area contributed by atoms with Crippen molar-refractivity contribution in [2.24, 2.45) is 0 Å². The Morgan fingerprint density at radius 3 is 2.85 bits per heavy atom. The Bertz CT molecular complexity index is 912. The van der Waals surface area contributed by atoms with Gasteiger partial charge in [0.2, 0.25) is 0 Å². The van der Waals surface area contributed by atoms with Crippen LogP contribution in [0.2, 0.25) is 0 Å². The van der Waals surface area contributed by atoms with E-state index >= 15 is 0 Å². The van der Waals surface area contributed by atoms with E-state index in [1.807, 2.05) is 36.1 Å². The van der Waals surface area contributed by atoms with E-state index in [0.717, 1.165) is 24.2 Å². The molecule has 3 atom stereocenters. The van der Waals surface area contributed by atoms with Gasteiger partial charge in [-0.25, -0.2) is 4.98 Å². The van der Waals surface area contributed by atoms with E-state index < -0.39 is 5.66 Å². The quantitative estimate of drug-likeness (QED) is 0.818. The highest BCUT2D eigenvalue weighted by atomic mass is 16.2. The van der Waals surface area contributed by atoms with E-state index in [0.29, 0.717) is 17.7 Å². The largest absolute Gasteiger partial charge is 0.360 e. The molecule has 26 heavy (non-hydrogen) atoms. The summed E-state index contributed by atoms with van der Waals surface area (Å²) >= 11 is 0. The van der Waals surface area contributed by atoms with Gasteiger partial charge < -0.3 is 15.5 Å². The molecular formula is C19H19N5O2. The molecule has 1 aromatic heterocycles. The van der Waals surface area contributed by atoms with Crippen LogP contribution < -0.4 is 10.6 Å². The number of fused-ring (bicyclic) bond motifs is 4. The maximum atomic E-state index is 13.1. The van der Waals surface area contributed by atoms with Gasteiger partial charge >= 0.3 is 0 Å². The average Bonchev–Trinajstić information content (AvgIpc) is 3.17. The van der Waals surface area contributed by atoms with Crippen LogP contribution in [0.5, 0.6) is 0 Å². The highest BCUT2D eigenvalue weighted by molar-refractivity contribution is 6.02. The standard InChI is InChI=1S/C19H19N5O2/c1-11-9-21-15(10-20-11)18(26)24-12-6-7-16(24)19(8-12)22-14-5-3-2-4-13(14)17(25)23-19/h2-5,9-10,12,16,22H,6-8H2,1H3,(H,23,25)/t12-,16+,19+/m1/s1. The van der Waals surface area contributed by atoms with Gasteiger partial charge in [-0.2, -0.15) is 0 Å². The van der Waals surface area contributed by atoms with Crippen molar-refractivity contribution >= 4 is 17.5 Å². The lowest BCUT2D eigenvalue weighted by Gasteiger charge is -2.43. The van der Waals surface area contributed by atoms with Gasteiger partial charge in [-0.3, -0.25) is 14.6 Å². The first-order valence-electron chi connectivity index (χ1n) is 8.88. The van der Waals surface area contributed by atoms with Crippen LogP contribution in [0.25, 0.3) is 0 Å². The van der Waals surface area contributed by atoms with Crippen molar-refractivity contribution in [1.29, 1.82) is 0 Å². The Labute approximate surface area is 150 Å². The number of nitrogens with zero attached hydrogens (tertiary/aromatic N) is 3. The molecule has 0 unspecified atom stereocenters. The summed E-state index contributed by atoms with van der Waals surface area (Å²) in [6.07, 6.45) is 5.63. The molecule has 2 N–H and O–H groups in total. The number of nitrogens with one attached hydrogen (secondary N) is 2. The van der Waals surface area contributed by atoms with E-state index in [-0.39, 0.29) is 23.9 Å². The maximum absolute atomic E-state index is 13.1. The Morgan fingerprint density at radius 1 is 1.19 bits per heavy atom. The molecule has 7 heteroatoms. The molecule has 2 fully saturated rings. The van der Waals surface area contributed by atoms with Gasteiger partial charge in [0.15, 0.2) is 0 Å². The Morgan fingerprint density at radius 2 is 2.04 bits per heavy atom. The molecule has 4 heterocycles. The lowest BCUT2D eigenvalue weighted by molar-refractivity contribution is 0.0686. The van der Waals surface area contributed by atoms with E-state index in [4.69, 9.17) is 0 Å². The van der Waals surface area contributed by atoms with Gasteiger partial charge in [0.05, 0.1) is 23.5 Å². The number of carbonyl (C=O) groups excluding carboxylic acids is 2. The summed E-state index contributed by atoms with van der Waals surface area (Å²) in [6.45, 7) is 1.84. The molecule has 5 rings (SSSR count). The lowest BCUT2D eigenvalue weighted by atomic mass is 9.86. The summed E-state index contributed by atoms with van der Waals surface area (Å²) in [5.74, 6) is -0.203. The molecule has 0 saturated carbocycles. The topological polar surface area (TPSA) is 87.2 Å². The molecule has 3 aliphatic heterocycles. The third-order valence-corrected chi connectivity index (χ3v) is 5.73. The highest BCUT2D eigenvalue weighted by Crippen LogP contribution is 2.46. The molecule has 2 saturated heterocycles. The Hall–Kier alpha value is -2.96. The molecule has 0 radical (unpaired) electrons. The van der Waals surface area contributed by atoms with Crippen LogP contribution in [0.15, 0.2) is 36.7 Å². The molecular weight excluding hydrogens is 330 g/mol. The second kappa shape index (κ2) is 5.27. The zero-order valence-electron chi connectivity index (χ0n) is 14.4. The average molecular weight is 349 g/mol. The summed E-state index contributed by atoms with van der Waals surface area (Å²) in [5.41, 5.74) is 1.99. The molecule has 0 aliphatic carbocycles. The van der Waals surface area contributed by atoms with Gasteiger partial charge in [0.1, 0.15) is 11.4 Å². The third kappa shape index (κ3) is 2.06. The molecule has 1 spiro atoms. The molecule has 7 nitrogen and oxygen atoms in total. The van der Waals surface area contributed by atoms with Gasteiger partial charge in [-0.1, -0.05) is 12.1 Å². The van der Waals surface area contributed by atoms with Crippen molar-refractivity contribution in [2.45, 2.75) is 43.9 Å². The number of anilines is 1. The zero-order valence-corrected chi connectivity index (χ0v) is 14.4. The van der Waals surface area contributed by atoms with Crippen molar-refractivity contribution in [3.63, 3.8) is 0 Å². The fraction of sp³-hybridized carbons (Fsp3) is 0.368. The van der Waals surface area contributed by atoms with Crippen LogP contribution in [0.1, 0.15) is 45.8 Å². The molecule has 3 aliphatic rings. The zero-order chi connectivity index (χ0) is 17.9. The normalized spacial score (nSPS) is 28.7. The fourth-order valence-corrected chi connectivity index (χ4v) is 4.62.